The summed E-state index contributed by atoms with van der Waals surface area (Å²) in [6.45, 7) is 1.80. The minimum atomic E-state index is -0.467. The quantitative estimate of drug-likeness (QED) is 0.340. The number of para-hydroxylation sites is 2. The van der Waals surface area contributed by atoms with Crippen LogP contribution in [0.1, 0.15) is 32.1 Å². The second-order valence-corrected chi connectivity index (χ2v) is 7.58. The van der Waals surface area contributed by atoms with Gasteiger partial charge in [0, 0.05) is 17.0 Å². The van der Waals surface area contributed by atoms with E-state index < -0.39 is 11.8 Å². The molecule has 4 aromatic rings. The van der Waals surface area contributed by atoms with E-state index in [0.717, 1.165) is 33.2 Å². The number of amides is 2. The highest BCUT2D eigenvalue weighted by Gasteiger charge is 2.10. The number of carbonyl (C=O) groups is 2. The fourth-order valence-electron chi connectivity index (χ4n) is 2.82. The van der Waals surface area contributed by atoms with Gasteiger partial charge in [-0.1, -0.05) is 42.1 Å². The number of aromatic nitrogens is 3. The molecule has 0 saturated carbocycles. The lowest BCUT2D eigenvalue weighted by Crippen LogP contribution is -2.42. The molecule has 7 nitrogen and oxygen atoms in total. The molecule has 150 valence electrons. The summed E-state index contributed by atoms with van der Waals surface area (Å²) in [4.78, 5) is 36.3. The number of rotatable bonds is 5. The molecule has 3 N–H and O–H groups in total. The fraction of sp³-hybridized carbons (Fsp3) is 0.0909. The molecule has 0 bridgehead atoms. The molecule has 2 amide bonds. The molecule has 30 heavy (non-hydrogen) atoms. The molecule has 4 rings (SSSR count). The summed E-state index contributed by atoms with van der Waals surface area (Å²) in [6, 6.07) is 20.2. The monoisotopic (exact) mass is 417 g/mol. The van der Waals surface area contributed by atoms with Crippen LogP contribution in [0.5, 0.6) is 0 Å². The summed E-state index contributed by atoms with van der Waals surface area (Å²) in [7, 11) is 0. The Morgan fingerprint density at radius 1 is 0.900 bits per heavy atom. The average molecular weight is 417 g/mol. The zero-order valence-electron chi connectivity index (χ0n) is 16.2. The molecule has 0 aliphatic heterocycles. The van der Waals surface area contributed by atoms with Crippen molar-refractivity contribution in [1.29, 1.82) is 0 Å². The van der Waals surface area contributed by atoms with Crippen LogP contribution in [-0.4, -0.2) is 26.8 Å². The van der Waals surface area contributed by atoms with Crippen molar-refractivity contribution in [3.8, 4) is 0 Å². The second kappa shape index (κ2) is 8.79. The zero-order chi connectivity index (χ0) is 20.9. The molecular weight excluding hydrogens is 398 g/mol. The lowest BCUT2D eigenvalue weighted by atomic mass is 10.1. The van der Waals surface area contributed by atoms with Gasteiger partial charge in [0.2, 0.25) is 0 Å². The second-order valence-electron chi connectivity index (χ2n) is 6.62. The molecule has 0 saturated heterocycles. The lowest BCUT2D eigenvalue weighted by Gasteiger charge is -2.08. The van der Waals surface area contributed by atoms with E-state index in [1.807, 2.05) is 36.4 Å². The van der Waals surface area contributed by atoms with Gasteiger partial charge in [-0.3, -0.25) is 20.4 Å². The number of nitrogens with zero attached hydrogens (tertiary/aromatic N) is 2. The predicted molar refractivity (Wildman–Crippen MR) is 116 cm³/mol. The Kier molecular flexibility index (Phi) is 5.76. The van der Waals surface area contributed by atoms with E-state index in [1.54, 1.807) is 49.0 Å². The minimum absolute atomic E-state index is 0.244. The Morgan fingerprint density at radius 3 is 2.43 bits per heavy atom. The molecule has 0 fully saturated rings. The lowest BCUT2D eigenvalue weighted by molar-refractivity contribution is 0.0844. The van der Waals surface area contributed by atoms with Gasteiger partial charge in [0.05, 0.1) is 11.0 Å². The van der Waals surface area contributed by atoms with Crippen molar-refractivity contribution in [2.24, 2.45) is 0 Å². The fourth-order valence-corrected chi connectivity index (χ4v) is 3.66. The number of imidazole rings is 1. The number of hydrogen-bond donors (Lipinski definition) is 3. The van der Waals surface area contributed by atoms with E-state index in [2.05, 4.69) is 25.8 Å². The highest BCUT2D eigenvalue weighted by Crippen LogP contribution is 2.23. The number of hydrazine groups is 1. The third-order valence-electron chi connectivity index (χ3n) is 4.37. The topological polar surface area (TPSA) is 99.8 Å². The molecule has 0 spiro atoms. The Morgan fingerprint density at radius 2 is 1.67 bits per heavy atom. The van der Waals surface area contributed by atoms with E-state index in [0.29, 0.717) is 5.56 Å². The molecule has 2 aromatic heterocycles. The molecule has 0 aliphatic rings. The number of benzene rings is 2. The van der Waals surface area contributed by atoms with E-state index in [4.69, 9.17) is 0 Å². The van der Waals surface area contributed by atoms with Gasteiger partial charge in [-0.2, -0.15) is 0 Å². The van der Waals surface area contributed by atoms with Gasteiger partial charge in [-0.25, -0.2) is 9.97 Å². The first-order chi connectivity index (χ1) is 14.6. The van der Waals surface area contributed by atoms with Crippen molar-refractivity contribution in [3.05, 3.63) is 89.2 Å². The van der Waals surface area contributed by atoms with Crippen molar-refractivity contribution < 1.29 is 9.59 Å². The van der Waals surface area contributed by atoms with Crippen LogP contribution in [0.25, 0.3) is 11.0 Å². The molecule has 2 heterocycles. The summed E-state index contributed by atoms with van der Waals surface area (Å²) < 4.78 is 0. The van der Waals surface area contributed by atoms with Crippen molar-refractivity contribution >= 4 is 34.6 Å². The molecule has 0 unspecified atom stereocenters. The van der Waals surface area contributed by atoms with Crippen LogP contribution in [0.2, 0.25) is 0 Å². The first-order valence-corrected chi connectivity index (χ1v) is 10.3. The highest BCUT2D eigenvalue weighted by molar-refractivity contribution is 7.98. The van der Waals surface area contributed by atoms with Crippen LogP contribution in [0.4, 0.5) is 0 Å². The number of aryl methyl sites for hydroxylation is 1. The van der Waals surface area contributed by atoms with Gasteiger partial charge in [0.15, 0.2) is 5.16 Å². The van der Waals surface area contributed by atoms with Gasteiger partial charge in [0.25, 0.3) is 11.8 Å². The summed E-state index contributed by atoms with van der Waals surface area (Å²) >= 11 is 1.60. The number of nitrogens with one attached hydrogen (secondary N) is 3. The van der Waals surface area contributed by atoms with Gasteiger partial charge in [-0.15, -0.1) is 0 Å². The minimum Gasteiger partial charge on any atom is -0.333 e. The van der Waals surface area contributed by atoms with E-state index >= 15 is 0 Å². The van der Waals surface area contributed by atoms with Gasteiger partial charge >= 0.3 is 0 Å². The van der Waals surface area contributed by atoms with Gasteiger partial charge in [-0.05, 0) is 48.9 Å². The number of thioether (sulfide) groups is 1. The van der Waals surface area contributed by atoms with E-state index in [-0.39, 0.29) is 5.69 Å². The molecule has 0 atom stereocenters. The van der Waals surface area contributed by atoms with Crippen LogP contribution < -0.4 is 10.9 Å². The number of pyridine rings is 1. The van der Waals surface area contributed by atoms with Crippen LogP contribution >= 0.6 is 11.8 Å². The largest absolute Gasteiger partial charge is 0.333 e. The first kappa shape index (κ1) is 19.7. The van der Waals surface area contributed by atoms with Crippen LogP contribution in [-0.2, 0) is 5.75 Å². The van der Waals surface area contributed by atoms with Gasteiger partial charge < -0.3 is 4.98 Å². The number of aromatic amines is 1. The third-order valence-corrected chi connectivity index (χ3v) is 5.31. The molecule has 0 radical (unpaired) electrons. The number of fused-ring (bicyclic) bond motifs is 1. The maximum atomic E-state index is 12.3. The molecule has 8 heteroatoms. The predicted octanol–water partition coefficient (Wildman–Crippen LogP) is 3.63. The van der Waals surface area contributed by atoms with Crippen LogP contribution in [0.3, 0.4) is 0 Å². The first-order valence-electron chi connectivity index (χ1n) is 9.29. The number of hydrogen-bond acceptors (Lipinski definition) is 5. The summed E-state index contributed by atoms with van der Waals surface area (Å²) in [6.07, 6.45) is 0. The molecular formula is C22H19N5O2S. The van der Waals surface area contributed by atoms with Crippen molar-refractivity contribution in [1.82, 2.24) is 25.8 Å². The van der Waals surface area contributed by atoms with Gasteiger partial charge in [0.1, 0.15) is 5.69 Å². The maximum absolute atomic E-state index is 12.3. The van der Waals surface area contributed by atoms with Crippen LogP contribution in [0.15, 0.2) is 71.9 Å². The maximum Gasteiger partial charge on any atom is 0.288 e. The Balaban J connectivity index is 1.31. The third kappa shape index (κ3) is 4.66. The Hall–Kier alpha value is -3.65. The molecule has 2 aromatic carbocycles. The summed E-state index contributed by atoms with van der Waals surface area (Å²) in [5, 5.41) is 0.852. The van der Waals surface area contributed by atoms with Crippen molar-refractivity contribution in [3.63, 3.8) is 0 Å². The number of H-pyrrole nitrogens is 1. The van der Waals surface area contributed by atoms with Crippen molar-refractivity contribution in [2.75, 3.05) is 0 Å². The van der Waals surface area contributed by atoms with E-state index in [9.17, 15) is 9.59 Å². The molecule has 0 aliphatic carbocycles. The average Bonchev–Trinajstić information content (AvgIpc) is 3.19. The normalized spacial score (nSPS) is 10.7. The Bertz CT molecular complexity index is 1170. The van der Waals surface area contributed by atoms with Crippen LogP contribution in [0, 0.1) is 6.92 Å². The summed E-state index contributed by atoms with van der Waals surface area (Å²) in [5.74, 6) is -0.143. The SMILES string of the molecule is Cc1cccc(C(=O)NNC(=O)c2ccc(CSc3nc4ccccc4[nH]3)cc2)n1. The van der Waals surface area contributed by atoms with Crippen molar-refractivity contribution in [2.45, 2.75) is 17.8 Å². The standard InChI is InChI=1S/C22H19N5O2S/c1-14-5-4-8-19(23-14)21(29)27-26-20(28)16-11-9-15(10-12-16)13-30-22-24-17-6-2-3-7-18(17)25-22/h2-12H,13H2,1H3,(H,24,25)(H,26,28)(H,27,29). The Labute approximate surface area is 177 Å². The smallest absolute Gasteiger partial charge is 0.288 e. The zero-order valence-corrected chi connectivity index (χ0v) is 17.0. The summed E-state index contributed by atoms with van der Waals surface area (Å²) in [5.41, 5.74) is 9.22. The highest BCUT2D eigenvalue weighted by atomic mass is 32.2. The van der Waals surface area contributed by atoms with E-state index in [1.165, 1.54) is 0 Å². The number of carbonyl (C=O) groups excluding carboxylic acids is 2.